The molecule has 11 aromatic rings. The summed E-state index contributed by atoms with van der Waals surface area (Å²) in [5, 5.41) is 9.82. The van der Waals surface area contributed by atoms with Crippen LogP contribution in [0.15, 0.2) is 164 Å². The molecular formula is C46H27N3. The van der Waals surface area contributed by atoms with Gasteiger partial charge in [0.15, 0.2) is 0 Å². The Hall–Kier alpha value is -6.58. The first-order valence-electron chi connectivity index (χ1n) is 16.7. The van der Waals surface area contributed by atoms with Crippen LogP contribution in [-0.2, 0) is 0 Å². The predicted molar refractivity (Wildman–Crippen MR) is 206 cm³/mol. The number of fused-ring (bicyclic) bond motifs is 12. The van der Waals surface area contributed by atoms with Crippen molar-refractivity contribution in [2.24, 2.45) is 0 Å². The van der Waals surface area contributed by atoms with Crippen LogP contribution in [0.25, 0.3) is 104 Å². The van der Waals surface area contributed by atoms with E-state index >= 15 is 0 Å². The lowest BCUT2D eigenvalue weighted by molar-refractivity contribution is 1.31. The van der Waals surface area contributed by atoms with Crippen LogP contribution in [0, 0.1) is 0 Å². The zero-order valence-electron chi connectivity index (χ0n) is 26.4. The largest absolute Gasteiger partial charge is 0.308 e. The number of hydrogen-bond donors (Lipinski definition) is 0. The van der Waals surface area contributed by atoms with Gasteiger partial charge < -0.3 is 4.40 Å². The number of benzene rings is 8. The second-order valence-electron chi connectivity index (χ2n) is 13.0. The number of rotatable bonds is 3. The number of para-hydroxylation sites is 1. The van der Waals surface area contributed by atoms with E-state index in [4.69, 9.17) is 9.97 Å². The molecule has 8 aromatic carbocycles. The topological polar surface area (TPSA) is 30.2 Å². The molecule has 0 N–H and O–H groups in total. The summed E-state index contributed by atoms with van der Waals surface area (Å²) in [6, 6.07) is 55.4. The lowest BCUT2D eigenvalue weighted by atomic mass is 9.94. The standard InChI is InChI=1S/C46H27N3/c1-2-8-28(9-3-1)31-17-20-42-39(25-31)37-14-7-15-38-40-26-33(18-21-43(40)49(42)46(37)38)30-11-6-10-29(24-30)32-16-19-35-34-12-4-5-13-36(34)44-45(41(35)27-32)48-23-22-47-44/h1-27H. The molecule has 0 spiro atoms. The van der Waals surface area contributed by atoms with Gasteiger partial charge in [-0.25, -0.2) is 0 Å². The third kappa shape index (κ3) is 3.78. The fourth-order valence-corrected chi connectivity index (χ4v) is 8.16. The van der Waals surface area contributed by atoms with Crippen molar-refractivity contribution in [3.63, 3.8) is 0 Å². The number of aromatic nitrogens is 3. The van der Waals surface area contributed by atoms with Gasteiger partial charge in [-0.2, -0.15) is 0 Å². The molecule has 226 valence electrons. The van der Waals surface area contributed by atoms with Gasteiger partial charge in [0.2, 0.25) is 0 Å². The summed E-state index contributed by atoms with van der Waals surface area (Å²) in [7, 11) is 0. The van der Waals surface area contributed by atoms with Crippen molar-refractivity contribution in [1.29, 1.82) is 0 Å². The number of nitrogens with zero attached hydrogens (tertiary/aromatic N) is 3. The highest BCUT2D eigenvalue weighted by atomic mass is 14.9. The van der Waals surface area contributed by atoms with Gasteiger partial charge in [0.05, 0.1) is 27.6 Å². The van der Waals surface area contributed by atoms with Crippen molar-refractivity contribution in [2.75, 3.05) is 0 Å². The molecule has 3 heterocycles. The molecule has 0 saturated heterocycles. The molecule has 0 bridgehead atoms. The highest BCUT2D eigenvalue weighted by molar-refractivity contribution is 6.25. The van der Waals surface area contributed by atoms with Crippen molar-refractivity contribution in [3.8, 4) is 33.4 Å². The second-order valence-corrected chi connectivity index (χ2v) is 13.0. The zero-order chi connectivity index (χ0) is 32.1. The quantitative estimate of drug-likeness (QED) is 0.184. The van der Waals surface area contributed by atoms with Crippen LogP contribution in [0.1, 0.15) is 0 Å². The van der Waals surface area contributed by atoms with Crippen LogP contribution in [0.4, 0.5) is 0 Å². The molecule has 0 atom stereocenters. The van der Waals surface area contributed by atoms with E-state index < -0.39 is 0 Å². The lowest BCUT2D eigenvalue weighted by Crippen LogP contribution is -1.89. The average Bonchev–Trinajstić information content (AvgIpc) is 3.70. The minimum atomic E-state index is 0.940. The molecule has 11 rings (SSSR count). The van der Waals surface area contributed by atoms with Crippen molar-refractivity contribution < 1.29 is 0 Å². The Bertz CT molecular complexity index is 3060. The summed E-state index contributed by atoms with van der Waals surface area (Å²) in [5.74, 6) is 0. The van der Waals surface area contributed by atoms with Crippen molar-refractivity contribution >= 4 is 70.7 Å². The first kappa shape index (κ1) is 26.5. The van der Waals surface area contributed by atoms with Crippen LogP contribution < -0.4 is 0 Å². The minimum absolute atomic E-state index is 0.940. The monoisotopic (exact) mass is 621 g/mol. The summed E-state index contributed by atoms with van der Waals surface area (Å²) >= 11 is 0. The first-order chi connectivity index (χ1) is 24.3. The summed E-state index contributed by atoms with van der Waals surface area (Å²) in [6.45, 7) is 0. The maximum absolute atomic E-state index is 4.79. The summed E-state index contributed by atoms with van der Waals surface area (Å²) < 4.78 is 2.45. The van der Waals surface area contributed by atoms with Crippen molar-refractivity contribution in [1.82, 2.24) is 14.4 Å². The molecule has 0 amide bonds. The van der Waals surface area contributed by atoms with Crippen LogP contribution >= 0.6 is 0 Å². The van der Waals surface area contributed by atoms with Crippen molar-refractivity contribution in [3.05, 3.63) is 164 Å². The maximum atomic E-state index is 4.79. The van der Waals surface area contributed by atoms with Crippen LogP contribution in [-0.4, -0.2) is 14.4 Å². The minimum Gasteiger partial charge on any atom is -0.308 e. The third-order valence-corrected chi connectivity index (χ3v) is 10.4. The highest BCUT2D eigenvalue weighted by Gasteiger charge is 2.18. The van der Waals surface area contributed by atoms with Gasteiger partial charge in [0.1, 0.15) is 0 Å². The first-order valence-corrected chi connectivity index (χ1v) is 16.7. The van der Waals surface area contributed by atoms with Gasteiger partial charge >= 0.3 is 0 Å². The lowest BCUT2D eigenvalue weighted by Gasteiger charge is -2.11. The predicted octanol–water partition coefficient (Wildman–Crippen LogP) is 12.1. The van der Waals surface area contributed by atoms with Crippen molar-refractivity contribution in [2.45, 2.75) is 0 Å². The van der Waals surface area contributed by atoms with E-state index in [1.807, 2.05) is 0 Å². The summed E-state index contributed by atoms with van der Waals surface area (Å²) in [5.41, 5.74) is 12.9. The van der Waals surface area contributed by atoms with E-state index in [1.165, 1.54) is 82.2 Å². The Balaban J connectivity index is 1.06. The Kier molecular flexibility index (Phi) is 5.38. The second kappa shape index (κ2) is 9.96. The number of hydrogen-bond acceptors (Lipinski definition) is 2. The zero-order valence-corrected chi connectivity index (χ0v) is 26.4. The molecule has 3 aromatic heterocycles. The van der Waals surface area contributed by atoms with Gasteiger partial charge in [-0.15, -0.1) is 0 Å². The molecular weight excluding hydrogens is 595 g/mol. The summed E-state index contributed by atoms with van der Waals surface area (Å²) in [6.07, 6.45) is 3.58. The Morgan fingerprint density at radius 3 is 1.47 bits per heavy atom. The van der Waals surface area contributed by atoms with E-state index in [1.54, 1.807) is 12.4 Å². The fourth-order valence-electron chi connectivity index (χ4n) is 8.16. The van der Waals surface area contributed by atoms with Gasteiger partial charge in [-0.3, -0.25) is 9.97 Å². The normalized spacial score (nSPS) is 12.1. The molecule has 0 radical (unpaired) electrons. The molecule has 0 fully saturated rings. The molecule has 3 heteroatoms. The van der Waals surface area contributed by atoms with E-state index in [0.29, 0.717) is 0 Å². The van der Waals surface area contributed by atoms with Gasteiger partial charge in [0, 0.05) is 44.7 Å². The maximum Gasteiger partial charge on any atom is 0.0971 e. The van der Waals surface area contributed by atoms with Crippen LogP contribution in [0.5, 0.6) is 0 Å². The smallest absolute Gasteiger partial charge is 0.0971 e. The van der Waals surface area contributed by atoms with Gasteiger partial charge in [0.25, 0.3) is 0 Å². The fraction of sp³-hybridized carbons (Fsp3) is 0. The Morgan fingerprint density at radius 2 is 0.776 bits per heavy atom. The van der Waals surface area contributed by atoms with Gasteiger partial charge in [-0.1, -0.05) is 115 Å². The highest BCUT2D eigenvalue weighted by Crippen LogP contribution is 2.42. The molecule has 3 nitrogen and oxygen atoms in total. The van der Waals surface area contributed by atoms with Crippen LogP contribution in [0.3, 0.4) is 0 Å². The molecule has 0 aliphatic heterocycles. The van der Waals surface area contributed by atoms with E-state index in [9.17, 15) is 0 Å². The Morgan fingerprint density at radius 1 is 0.306 bits per heavy atom. The molecule has 49 heavy (non-hydrogen) atoms. The molecule has 0 saturated carbocycles. The van der Waals surface area contributed by atoms with E-state index in [2.05, 4.69) is 156 Å². The molecule has 0 aliphatic carbocycles. The average molecular weight is 622 g/mol. The Labute approximate surface area is 281 Å². The van der Waals surface area contributed by atoms with E-state index in [-0.39, 0.29) is 0 Å². The molecule has 0 aliphatic rings. The van der Waals surface area contributed by atoms with Crippen LogP contribution in [0.2, 0.25) is 0 Å². The SMILES string of the molecule is c1ccc(-c2ccc3c(c2)c2cccc4c5cc(-c6cccc(-c7ccc8c9ccccc9c9nccnc9c8c7)c6)ccc5n3c24)cc1. The summed E-state index contributed by atoms with van der Waals surface area (Å²) in [4.78, 5) is 9.53. The molecule has 0 unspecified atom stereocenters. The third-order valence-electron chi connectivity index (χ3n) is 10.4. The van der Waals surface area contributed by atoms with E-state index in [0.717, 1.165) is 21.8 Å². The van der Waals surface area contributed by atoms with Gasteiger partial charge in [-0.05, 0) is 80.6 Å².